The number of hydrogen-bond acceptors (Lipinski definition) is 5. The van der Waals surface area contributed by atoms with Gasteiger partial charge in [-0.15, -0.1) is 0 Å². The minimum absolute atomic E-state index is 0.0808. The molecule has 3 aromatic carbocycles. The van der Waals surface area contributed by atoms with Crippen molar-refractivity contribution < 1.29 is 19.3 Å². The van der Waals surface area contributed by atoms with Gasteiger partial charge in [-0.1, -0.05) is 57.2 Å². The first-order valence-electron chi connectivity index (χ1n) is 11.6. The molecule has 1 atom stereocenters. The molecular formula is C29H35NO4. The van der Waals surface area contributed by atoms with Crippen LogP contribution >= 0.6 is 0 Å². The first-order valence-corrected chi connectivity index (χ1v) is 11.6. The molecule has 0 saturated carbocycles. The Kier molecular flexibility index (Phi) is 6.61. The Morgan fingerprint density at radius 2 is 1.59 bits per heavy atom. The Morgan fingerprint density at radius 3 is 2.21 bits per heavy atom. The number of methoxy groups -OCH3 is 3. The van der Waals surface area contributed by atoms with E-state index in [0.29, 0.717) is 36.9 Å². The second-order valence-electron chi connectivity index (χ2n) is 10.0. The number of nitrogens with zero attached hydrogens (tertiary/aromatic N) is 1. The summed E-state index contributed by atoms with van der Waals surface area (Å²) in [5, 5.41) is 12.6. The van der Waals surface area contributed by atoms with Crippen molar-refractivity contribution in [3.05, 3.63) is 88.5 Å². The summed E-state index contributed by atoms with van der Waals surface area (Å²) in [6.07, 6.45) is 0. The number of aliphatic hydroxyl groups is 1. The molecule has 0 aromatic heterocycles. The van der Waals surface area contributed by atoms with E-state index < -0.39 is 5.60 Å². The summed E-state index contributed by atoms with van der Waals surface area (Å²) in [6.45, 7) is 8.30. The molecule has 0 radical (unpaired) electrons. The van der Waals surface area contributed by atoms with Gasteiger partial charge < -0.3 is 19.3 Å². The van der Waals surface area contributed by atoms with Crippen molar-refractivity contribution in [2.75, 3.05) is 27.9 Å². The van der Waals surface area contributed by atoms with Crippen LogP contribution in [0.15, 0.2) is 60.7 Å². The molecule has 1 unspecified atom stereocenters. The van der Waals surface area contributed by atoms with Crippen LogP contribution in [0.1, 0.15) is 48.6 Å². The monoisotopic (exact) mass is 461 g/mol. The van der Waals surface area contributed by atoms with Gasteiger partial charge in [0.25, 0.3) is 0 Å². The zero-order valence-corrected chi connectivity index (χ0v) is 21.0. The highest BCUT2D eigenvalue weighted by atomic mass is 16.5. The SMILES string of the molecule is COc1cc2c(c(OC)c1)C(O)(c1cc(C(C)(C)C)ccc1OC)CN(Cc1ccccc1)C2. The average molecular weight is 462 g/mol. The van der Waals surface area contributed by atoms with E-state index in [2.05, 4.69) is 49.9 Å². The fourth-order valence-corrected chi connectivity index (χ4v) is 4.89. The van der Waals surface area contributed by atoms with E-state index >= 15 is 0 Å². The lowest BCUT2D eigenvalue weighted by molar-refractivity contribution is 0.0114. The van der Waals surface area contributed by atoms with Crippen molar-refractivity contribution in [1.82, 2.24) is 4.90 Å². The first kappa shape index (κ1) is 24.1. The van der Waals surface area contributed by atoms with Crippen LogP contribution in [0.3, 0.4) is 0 Å². The van der Waals surface area contributed by atoms with Gasteiger partial charge in [0.05, 0.1) is 21.3 Å². The third-order valence-corrected chi connectivity index (χ3v) is 6.63. The number of ether oxygens (including phenoxy) is 3. The fourth-order valence-electron chi connectivity index (χ4n) is 4.89. The number of β-amino-alcohol motifs (C(OH)–C–C–N with tert-alkyl or cyclic N) is 1. The van der Waals surface area contributed by atoms with Crippen LogP contribution in [-0.2, 0) is 24.1 Å². The van der Waals surface area contributed by atoms with Crippen molar-refractivity contribution in [2.45, 2.75) is 44.9 Å². The lowest BCUT2D eigenvalue weighted by atomic mass is 9.76. The van der Waals surface area contributed by atoms with E-state index in [1.54, 1.807) is 21.3 Å². The lowest BCUT2D eigenvalue weighted by Gasteiger charge is -2.42. The Hall–Kier alpha value is -3.02. The molecular weight excluding hydrogens is 426 g/mol. The first-order chi connectivity index (χ1) is 16.2. The minimum Gasteiger partial charge on any atom is -0.497 e. The third kappa shape index (κ3) is 4.50. The molecule has 5 heteroatoms. The number of hydrogen-bond donors (Lipinski definition) is 1. The van der Waals surface area contributed by atoms with Gasteiger partial charge in [0.1, 0.15) is 22.8 Å². The molecule has 180 valence electrons. The van der Waals surface area contributed by atoms with Gasteiger partial charge in [-0.05, 0) is 40.3 Å². The van der Waals surface area contributed by atoms with Crippen LogP contribution in [0.5, 0.6) is 17.2 Å². The number of fused-ring (bicyclic) bond motifs is 1. The Labute approximate surface area is 202 Å². The Bertz CT molecular complexity index is 1150. The summed E-state index contributed by atoms with van der Waals surface area (Å²) < 4.78 is 17.1. The maximum Gasteiger partial charge on any atom is 0.135 e. The molecule has 0 aliphatic carbocycles. The lowest BCUT2D eigenvalue weighted by Crippen LogP contribution is -2.46. The predicted octanol–water partition coefficient (Wildman–Crippen LogP) is 5.26. The molecule has 0 saturated heterocycles. The van der Waals surface area contributed by atoms with Crippen LogP contribution in [0.4, 0.5) is 0 Å². The second-order valence-corrected chi connectivity index (χ2v) is 10.0. The minimum atomic E-state index is -1.34. The van der Waals surface area contributed by atoms with E-state index in [1.807, 2.05) is 36.4 Å². The zero-order chi connectivity index (χ0) is 24.5. The topological polar surface area (TPSA) is 51.2 Å². The molecule has 1 aliphatic heterocycles. The summed E-state index contributed by atoms with van der Waals surface area (Å²) in [5.74, 6) is 1.97. The standard InChI is InChI=1S/C29H35NO4/c1-28(2,3)22-12-13-25(33-5)24(15-22)29(31)19-30(17-20-10-8-7-9-11-20)18-21-14-23(32-4)16-26(34-6)27(21)29/h7-16,31H,17-19H2,1-6H3. The highest BCUT2D eigenvalue weighted by Crippen LogP contribution is 2.47. The Balaban J connectivity index is 1.93. The van der Waals surface area contributed by atoms with Crippen LogP contribution in [0.2, 0.25) is 0 Å². The van der Waals surface area contributed by atoms with E-state index in [4.69, 9.17) is 14.2 Å². The van der Waals surface area contributed by atoms with Gasteiger partial charge in [0, 0.05) is 36.8 Å². The van der Waals surface area contributed by atoms with Gasteiger partial charge >= 0.3 is 0 Å². The summed E-state index contributed by atoms with van der Waals surface area (Å²) >= 11 is 0. The van der Waals surface area contributed by atoms with E-state index in [1.165, 1.54) is 5.56 Å². The van der Waals surface area contributed by atoms with Crippen LogP contribution in [0.25, 0.3) is 0 Å². The van der Waals surface area contributed by atoms with Crippen LogP contribution in [-0.4, -0.2) is 37.9 Å². The summed E-state index contributed by atoms with van der Waals surface area (Å²) in [7, 11) is 4.93. The van der Waals surface area contributed by atoms with Crippen molar-refractivity contribution in [3.8, 4) is 17.2 Å². The molecule has 34 heavy (non-hydrogen) atoms. The summed E-state index contributed by atoms with van der Waals surface area (Å²) in [6, 6.07) is 20.3. The van der Waals surface area contributed by atoms with E-state index in [-0.39, 0.29) is 5.41 Å². The molecule has 3 aromatic rings. The van der Waals surface area contributed by atoms with Crippen molar-refractivity contribution >= 4 is 0 Å². The summed E-state index contributed by atoms with van der Waals surface area (Å²) in [4.78, 5) is 2.26. The maximum atomic E-state index is 12.6. The van der Waals surface area contributed by atoms with Gasteiger partial charge in [-0.2, -0.15) is 0 Å². The number of rotatable bonds is 6. The summed E-state index contributed by atoms with van der Waals surface area (Å²) in [5.41, 5.74) is 3.39. The Morgan fingerprint density at radius 1 is 0.882 bits per heavy atom. The molecule has 0 fully saturated rings. The van der Waals surface area contributed by atoms with Crippen molar-refractivity contribution in [2.24, 2.45) is 0 Å². The highest BCUT2D eigenvalue weighted by Gasteiger charge is 2.44. The quantitative estimate of drug-likeness (QED) is 0.543. The van der Waals surface area contributed by atoms with Crippen molar-refractivity contribution in [1.29, 1.82) is 0 Å². The van der Waals surface area contributed by atoms with E-state index in [0.717, 1.165) is 22.3 Å². The fraction of sp³-hybridized carbons (Fsp3) is 0.379. The van der Waals surface area contributed by atoms with Gasteiger partial charge in [0.15, 0.2) is 0 Å². The second kappa shape index (κ2) is 9.32. The molecule has 0 amide bonds. The van der Waals surface area contributed by atoms with Crippen LogP contribution < -0.4 is 14.2 Å². The third-order valence-electron chi connectivity index (χ3n) is 6.63. The normalized spacial score (nSPS) is 18.3. The average Bonchev–Trinajstić information content (AvgIpc) is 2.82. The van der Waals surface area contributed by atoms with Gasteiger partial charge in [0.2, 0.25) is 0 Å². The van der Waals surface area contributed by atoms with Crippen molar-refractivity contribution in [3.63, 3.8) is 0 Å². The van der Waals surface area contributed by atoms with Gasteiger partial charge in [-0.3, -0.25) is 4.90 Å². The maximum absolute atomic E-state index is 12.6. The number of benzene rings is 3. The molecule has 4 rings (SSSR count). The molecule has 1 N–H and O–H groups in total. The molecule has 0 bridgehead atoms. The largest absolute Gasteiger partial charge is 0.497 e. The molecule has 5 nitrogen and oxygen atoms in total. The van der Waals surface area contributed by atoms with Gasteiger partial charge in [-0.25, -0.2) is 0 Å². The molecule has 1 aliphatic rings. The predicted molar refractivity (Wildman–Crippen MR) is 135 cm³/mol. The van der Waals surface area contributed by atoms with Crippen LogP contribution in [0, 0.1) is 0 Å². The van der Waals surface area contributed by atoms with E-state index in [9.17, 15) is 5.11 Å². The smallest absolute Gasteiger partial charge is 0.135 e. The molecule has 0 spiro atoms. The highest BCUT2D eigenvalue weighted by molar-refractivity contribution is 5.58. The zero-order valence-electron chi connectivity index (χ0n) is 21.0. The molecule has 1 heterocycles.